The number of hydrogen-bond acceptors (Lipinski definition) is 4. The molecular formula is C19H33IN4O2. The molecule has 0 atom stereocenters. The van der Waals surface area contributed by atoms with E-state index in [1.807, 2.05) is 6.92 Å². The third-order valence-corrected chi connectivity index (χ3v) is 4.11. The highest BCUT2D eigenvalue weighted by Crippen LogP contribution is 2.14. The number of nitrogens with one attached hydrogen (secondary N) is 2. The second-order valence-corrected chi connectivity index (χ2v) is 5.98. The van der Waals surface area contributed by atoms with Gasteiger partial charge in [-0.05, 0) is 25.0 Å². The van der Waals surface area contributed by atoms with Gasteiger partial charge in [-0.2, -0.15) is 0 Å². The molecule has 1 fully saturated rings. The first-order valence-corrected chi connectivity index (χ1v) is 9.30. The lowest BCUT2D eigenvalue weighted by atomic mass is 10.1. The first kappa shape index (κ1) is 23.1. The molecule has 148 valence electrons. The van der Waals surface area contributed by atoms with E-state index in [9.17, 15) is 0 Å². The molecule has 0 bridgehead atoms. The highest BCUT2D eigenvalue weighted by molar-refractivity contribution is 14.0. The molecule has 0 spiro atoms. The van der Waals surface area contributed by atoms with E-state index < -0.39 is 0 Å². The van der Waals surface area contributed by atoms with E-state index in [2.05, 4.69) is 46.7 Å². The molecule has 1 aromatic rings. The summed E-state index contributed by atoms with van der Waals surface area (Å²) >= 11 is 0. The van der Waals surface area contributed by atoms with Crippen LogP contribution in [0.15, 0.2) is 29.3 Å². The Morgan fingerprint density at radius 1 is 1.15 bits per heavy atom. The van der Waals surface area contributed by atoms with Crippen LogP contribution in [-0.2, 0) is 22.6 Å². The SMILES string of the molecule is CCNC(=NCc1ccccc1CN1CCOCC1)NCCOCC.I. The largest absolute Gasteiger partial charge is 0.380 e. The van der Waals surface area contributed by atoms with E-state index in [1.165, 1.54) is 11.1 Å². The summed E-state index contributed by atoms with van der Waals surface area (Å²) in [6, 6.07) is 8.57. The quantitative estimate of drug-likeness (QED) is 0.248. The number of nitrogens with zero attached hydrogens (tertiary/aromatic N) is 2. The van der Waals surface area contributed by atoms with Crippen LogP contribution in [0.25, 0.3) is 0 Å². The fourth-order valence-electron chi connectivity index (χ4n) is 2.76. The third kappa shape index (κ3) is 8.66. The summed E-state index contributed by atoms with van der Waals surface area (Å²) in [6.07, 6.45) is 0. The van der Waals surface area contributed by atoms with Crippen LogP contribution in [0.4, 0.5) is 0 Å². The van der Waals surface area contributed by atoms with E-state index in [0.717, 1.165) is 58.5 Å². The van der Waals surface area contributed by atoms with Crippen LogP contribution in [-0.4, -0.2) is 63.5 Å². The lowest BCUT2D eigenvalue weighted by molar-refractivity contribution is 0.0341. The normalized spacial score (nSPS) is 15.4. The molecule has 2 N–H and O–H groups in total. The molecule has 0 amide bonds. The average Bonchev–Trinajstić information content (AvgIpc) is 2.65. The van der Waals surface area contributed by atoms with E-state index >= 15 is 0 Å². The Balaban J connectivity index is 0.00000338. The molecule has 6 nitrogen and oxygen atoms in total. The van der Waals surface area contributed by atoms with Gasteiger partial charge in [-0.15, -0.1) is 24.0 Å². The van der Waals surface area contributed by atoms with Crippen molar-refractivity contribution in [3.63, 3.8) is 0 Å². The Kier molecular flexibility index (Phi) is 12.6. The Labute approximate surface area is 174 Å². The molecule has 0 radical (unpaired) electrons. The van der Waals surface area contributed by atoms with Crippen LogP contribution in [0.5, 0.6) is 0 Å². The molecule has 0 aromatic heterocycles. The third-order valence-electron chi connectivity index (χ3n) is 4.11. The van der Waals surface area contributed by atoms with Gasteiger partial charge in [0.1, 0.15) is 0 Å². The first-order valence-electron chi connectivity index (χ1n) is 9.30. The summed E-state index contributed by atoms with van der Waals surface area (Å²) in [6.45, 7) is 12.4. The second-order valence-electron chi connectivity index (χ2n) is 5.98. The predicted octanol–water partition coefficient (Wildman–Crippen LogP) is 2.23. The topological polar surface area (TPSA) is 58.1 Å². The maximum Gasteiger partial charge on any atom is 0.191 e. The number of benzene rings is 1. The minimum Gasteiger partial charge on any atom is -0.380 e. The van der Waals surface area contributed by atoms with Gasteiger partial charge in [-0.3, -0.25) is 4.90 Å². The summed E-state index contributed by atoms with van der Waals surface area (Å²) in [5, 5.41) is 6.60. The standard InChI is InChI=1S/C19H32N4O2.HI/c1-3-20-19(21-9-12-24-4-2)22-15-17-7-5-6-8-18(17)16-23-10-13-25-14-11-23;/h5-8H,3-4,9-16H2,1-2H3,(H2,20,21,22);1H. The highest BCUT2D eigenvalue weighted by Gasteiger charge is 2.12. The van der Waals surface area contributed by atoms with Crippen LogP contribution in [0, 0.1) is 0 Å². The van der Waals surface area contributed by atoms with Gasteiger partial charge in [0, 0.05) is 39.3 Å². The Morgan fingerprint density at radius 3 is 2.58 bits per heavy atom. The van der Waals surface area contributed by atoms with Crippen molar-refractivity contribution in [3.8, 4) is 0 Å². The number of aliphatic imine (C=N–C) groups is 1. The molecule has 1 aromatic carbocycles. The Bertz CT molecular complexity index is 522. The highest BCUT2D eigenvalue weighted by atomic mass is 127. The number of morpholine rings is 1. The van der Waals surface area contributed by atoms with Gasteiger partial charge in [-0.25, -0.2) is 4.99 Å². The average molecular weight is 476 g/mol. The van der Waals surface area contributed by atoms with Gasteiger partial charge in [0.25, 0.3) is 0 Å². The molecule has 1 heterocycles. The van der Waals surface area contributed by atoms with E-state index in [1.54, 1.807) is 0 Å². The number of halogens is 1. The lowest BCUT2D eigenvalue weighted by Gasteiger charge is -2.27. The molecule has 26 heavy (non-hydrogen) atoms. The molecule has 1 aliphatic heterocycles. The van der Waals surface area contributed by atoms with Crippen LogP contribution >= 0.6 is 24.0 Å². The Morgan fingerprint density at radius 2 is 1.88 bits per heavy atom. The van der Waals surface area contributed by atoms with Crippen molar-refractivity contribution in [2.45, 2.75) is 26.9 Å². The minimum absolute atomic E-state index is 0. The zero-order valence-electron chi connectivity index (χ0n) is 16.0. The summed E-state index contributed by atoms with van der Waals surface area (Å²) in [4.78, 5) is 7.17. The Hall–Kier alpha value is -0.900. The molecule has 0 unspecified atom stereocenters. The van der Waals surface area contributed by atoms with Crippen molar-refractivity contribution < 1.29 is 9.47 Å². The van der Waals surface area contributed by atoms with Gasteiger partial charge in [0.05, 0.1) is 26.4 Å². The first-order chi connectivity index (χ1) is 12.3. The zero-order chi connectivity index (χ0) is 17.7. The van der Waals surface area contributed by atoms with Gasteiger partial charge in [0.15, 0.2) is 5.96 Å². The number of rotatable bonds is 9. The van der Waals surface area contributed by atoms with Crippen LogP contribution < -0.4 is 10.6 Å². The van der Waals surface area contributed by atoms with Gasteiger partial charge in [-0.1, -0.05) is 24.3 Å². The van der Waals surface area contributed by atoms with Crippen molar-refractivity contribution in [1.29, 1.82) is 0 Å². The molecule has 0 saturated carbocycles. The fraction of sp³-hybridized carbons (Fsp3) is 0.632. The molecule has 7 heteroatoms. The number of guanidine groups is 1. The zero-order valence-corrected chi connectivity index (χ0v) is 18.3. The molecule has 0 aliphatic carbocycles. The van der Waals surface area contributed by atoms with Crippen molar-refractivity contribution in [2.24, 2.45) is 4.99 Å². The van der Waals surface area contributed by atoms with Crippen LogP contribution in [0.2, 0.25) is 0 Å². The van der Waals surface area contributed by atoms with Gasteiger partial charge >= 0.3 is 0 Å². The van der Waals surface area contributed by atoms with Crippen molar-refractivity contribution in [2.75, 3.05) is 52.6 Å². The predicted molar refractivity (Wildman–Crippen MR) is 117 cm³/mol. The fourth-order valence-corrected chi connectivity index (χ4v) is 2.76. The van der Waals surface area contributed by atoms with E-state index in [0.29, 0.717) is 13.2 Å². The van der Waals surface area contributed by atoms with Crippen LogP contribution in [0.3, 0.4) is 0 Å². The monoisotopic (exact) mass is 476 g/mol. The summed E-state index contributed by atoms with van der Waals surface area (Å²) in [7, 11) is 0. The minimum atomic E-state index is 0. The van der Waals surface area contributed by atoms with E-state index in [4.69, 9.17) is 14.5 Å². The van der Waals surface area contributed by atoms with Gasteiger partial charge in [0.2, 0.25) is 0 Å². The maximum atomic E-state index is 5.44. The van der Waals surface area contributed by atoms with Crippen molar-refractivity contribution >= 4 is 29.9 Å². The molecule has 2 rings (SSSR count). The summed E-state index contributed by atoms with van der Waals surface area (Å²) in [5.74, 6) is 0.836. The van der Waals surface area contributed by atoms with Crippen LogP contribution in [0.1, 0.15) is 25.0 Å². The number of ether oxygens (including phenoxy) is 2. The lowest BCUT2D eigenvalue weighted by Crippen LogP contribution is -2.39. The summed E-state index contributed by atoms with van der Waals surface area (Å²) in [5.41, 5.74) is 2.62. The smallest absolute Gasteiger partial charge is 0.191 e. The molecular weight excluding hydrogens is 443 g/mol. The second kappa shape index (κ2) is 14.2. The molecule has 1 aliphatic rings. The van der Waals surface area contributed by atoms with E-state index in [-0.39, 0.29) is 24.0 Å². The van der Waals surface area contributed by atoms with Gasteiger partial charge < -0.3 is 20.1 Å². The van der Waals surface area contributed by atoms with Crippen molar-refractivity contribution in [1.82, 2.24) is 15.5 Å². The number of hydrogen-bond donors (Lipinski definition) is 2. The maximum absolute atomic E-state index is 5.44. The summed E-state index contributed by atoms with van der Waals surface area (Å²) < 4.78 is 10.8. The molecule has 1 saturated heterocycles. The van der Waals surface area contributed by atoms with Crippen molar-refractivity contribution in [3.05, 3.63) is 35.4 Å².